The van der Waals surface area contributed by atoms with Crippen LogP contribution in [-0.4, -0.2) is 55.9 Å². The van der Waals surface area contributed by atoms with Gasteiger partial charge in [0, 0.05) is 11.3 Å². The summed E-state index contributed by atoms with van der Waals surface area (Å²) < 4.78 is 5.75. The number of para-hydroxylation sites is 2. The summed E-state index contributed by atoms with van der Waals surface area (Å²) in [6.45, 7) is 11.9. The highest BCUT2D eigenvalue weighted by molar-refractivity contribution is 6.03. The van der Waals surface area contributed by atoms with E-state index in [1.807, 2.05) is 39.0 Å². The van der Waals surface area contributed by atoms with Crippen molar-refractivity contribution < 1.29 is 19.2 Å². The van der Waals surface area contributed by atoms with Crippen LogP contribution in [0.15, 0.2) is 24.3 Å². The van der Waals surface area contributed by atoms with Crippen molar-refractivity contribution in [3.05, 3.63) is 46.8 Å². The topological polar surface area (TPSA) is 66.8 Å². The van der Waals surface area contributed by atoms with Gasteiger partial charge in [-0.2, -0.15) is 0 Å². The van der Waals surface area contributed by atoms with Crippen molar-refractivity contribution >= 4 is 17.3 Å². The molecule has 150 valence electrons. The number of hydrogen-bond acceptors (Lipinski definition) is 4. The highest BCUT2D eigenvalue weighted by Crippen LogP contribution is 2.27. The molecule has 3 rings (SSSR count). The summed E-state index contributed by atoms with van der Waals surface area (Å²) in [5, 5.41) is 0. The Labute approximate surface area is 166 Å². The minimum Gasteiger partial charge on any atom is -0.492 e. The van der Waals surface area contributed by atoms with Crippen LogP contribution in [0.1, 0.15) is 46.0 Å². The second-order valence-corrected chi connectivity index (χ2v) is 7.42. The van der Waals surface area contributed by atoms with Gasteiger partial charge in [0.15, 0.2) is 5.78 Å². The number of aromatic amines is 1. The van der Waals surface area contributed by atoms with Gasteiger partial charge in [0.1, 0.15) is 12.3 Å². The first-order valence-electron chi connectivity index (χ1n) is 9.96. The number of nitrogens with zero attached hydrogens (tertiary/aromatic N) is 1. The molecule has 1 saturated heterocycles. The number of ether oxygens (including phenoxy) is 1. The van der Waals surface area contributed by atoms with Crippen LogP contribution in [0, 0.1) is 13.8 Å². The number of carbonyl (C=O) groups excluding carboxylic acids is 2. The number of hydrogen-bond donors (Lipinski definition) is 2. The summed E-state index contributed by atoms with van der Waals surface area (Å²) in [6, 6.07) is 8.12. The van der Waals surface area contributed by atoms with E-state index in [0.717, 1.165) is 48.9 Å². The molecule has 28 heavy (non-hydrogen) atoms. The largest absolute Gasteiger partial charge is 0.492 e. The molecule has 1 aliphatic heterocycles. The van der Waals surface area contributed by atoms with Crippen LogP contribution in [0.25, 0.3) is 0 Å². The van der Waals surface area contributed by atoms with Crippen molar-refractivity contribution in [3.8, 4) is 5.75 Å². The summed E-state index contributed by atoms with van der Waals surface area (Å²) in [7, 11) is 0. The summed E-state index contributed by atoms with van der Waals surface area (Å²) in [4.78, 5) is 31.4. The molecule has 0 radical (unpaired) electrons. The fraction of sp³-hybridized carbons (Fsp3) is 0.455. The van der Waals surface area contributed by atoms with Crippen molar-refractivity contribution in [2.45, 2.75) is 27.7 Å². The van der Waals surface area contributed by atoms with Crippen molar-refractivity contribution in [2.75, 3.05) is 44.2 Å². The average molecular weight is 385 g/mol. The average Bonchev–Trinajstić information content (AvgIpc) is 2.97. The fourth-order valence-corrected chi connectivity index (χ4v) is 4.11. The maximum absolute atomic E-state index is 12.8. The quantitative estimate of drug-likeness (QED) is 0.715. The lowest BCUT2D eigenvalue weighted by atomic mass is 10.1. The molecular formula is C22H30N3O3+. The molecule has 6 nitrogen and oxygen atoms in total. The third-order valence-electron chi connectivity index (χ3n) is 5.46. The van der Waals surface area contributed by atoms with Gasteiger partial charge in [-0.25, -0.2) is 0 Å². The van der Waals surface area contributed by atoms with Crippen LogP contribution in [0.5, 0.6) is 5.75 Å². The van der Waals surface area contributed by atoms with Gasteiger partial charge in [-0.15, -0.1) is 0 Å². The number of H-pyrrole nitrogens is 1. The van der Waals surface area contributed by atoms with E-state index in [9.17, 15) is 9.59 Å². The molecule has 1 aliphatic rings. The van der Waals surface area contributed by atoms with Gasteiger partial charge in [0.25, 0.3) is 0 Å². The van der Waals surface area contributed by atoms with Crippen molar-refractivity contribution in [3.63, 3.8) is 0 Å². The summed E-state index contributed by atoms with van der Waals surface area (Å²) >= 11 is 0. The Bertz CT molecular complexity index is 864. The number of rotatable bonds is 7. The van der Waals surface area contributed by atoms with E-state index in [4.69, 9.17) is 4.74 Å². The number of benzene rings is 1. The Balaban J connectivity index is 1.63. The molecule has 2 N–H and O–H groups in total. The zero-order valence-electron chi connectivity index (χ0n) is 17.2. The van der Waals surface area contributed by atoms with Gasteiger partial charge in [0.05, 0.1) is 44.2 Å². The lowest BCUT2D eigenvalue weighted by Crippen LogP contribution is -3.15. The Hall–Kier alpha value is -2.60. The number of piperazine rings is 1. The maximum Gasteiger partial charge on any atom is 0.233 e. The SMILES string of the molecule is CCOc1ccccc1N1CC[NH+](CC(=O)c2[nH]c(C)c(C(C)=O)c2C)CC1. The molecule has 1 fully saturated rings. The number of anilines is 1. The van der Waals surface area contributed by atoms with Crippen LogP contribution in [0.3, 0.4) is 0 Å². The molecule has 1 aromatic heterocycles. The first kappa shape index (κ1) is 20.1. The molecule has 1 aromatic carbocycles. The normalized spacial score (nSPS) is 14.9. The number of nitrogens with one attached hydrogen (secondary N) is 2. The monoisotopic (exact) mass is 384 g/mol. The van der Waals surface area contributed by atoms with Crippen LogP contribution in [-0.2, 0) is 0 Å². The molecule has 0 aliphatic carbocycles. The molecule has 2 heterocycles. The smallest absolute Gasteiger partial charge is 0.233 e. The number of Topliss-reactive ketones (excluding diaryl/α,β-unsaturated/α-hetero) is 2. The second-order valence-electron chi connectivity index (χ2n) is 7.42. The summed E-state index contributed by atoms with van der Waals surface area (Å²) in [5.74, 6) is 0.990. The fourth-order valence-electron chi connectivity index (χ4n) is 4.11. The van der Waals surface area contributed by atoms with Gasteiger partial charge in [-0.3, -0.25) is 9.59 Å². The second kappa shape index (κ2) is 8.61. The zero-order valence-corrected chi connectivity index (χ0v) is 17.2. The molecular weight excluding hydrogens is 354 g/mol. The highest BCUT2D eigenvalue weighted by atomic mass is 16.5. The Morgan fingerprint density at radius 1 is 1.18 bits per heavy atom. The molecule has 2 aromatic rings. The van der Waals surface area contributed by atoms with Gasteiger partial charge >= 0.3 is 0 Å². The van der Waals surface area contributed by atoms with Crippen LogP contribution in [0.2, 0.25) is 0 Å². The Morgan fingerprint density at radius 3 is 2.46 bits per heavy atom. The number of ketones is 2. The zero-order chi connectivity index (χ0) is 20.3. The first-order valence-corrected chi connectivity index (χ1v) is 9.96. The molecule has 0 amide bonds. The summed E-state index contributed by atoms with van der Waals surface area (Å²) in [5.41, 5.74) is 3.91. The van der Waals surface area contributed by atoms with Crippen LogP contribution < -0.4 is 14.5 Å². The Kier molecular flexibility index (Phi) is 6.19. The van der Waals surface area contributed by atoms with Gasteiger partial charge in [0.2, 0.25) is 5.78 Å². The molecule has 6 heteroatoms. The van der Waals surface area contributed by atoms with Gasteiger partial charge < -0.3 is 19.5 Å². The van der Waals surface area contributed by atoms with Crippen LogP contribution in [0.4, 0.5) is 5.69 Å². The maximum atomic E-state index is 12.8. The predicted octanol–water partition coefficient (Wildman–Crippen LogP) is 1.82. The van der Waals surface area contributed by atoms with E-state index in [1.165, 1.54) is 4.90 Å². The standard InChI is InChI=1S/C22H29N3O3/c1-5-28-20-9-7-6-8-18(20)25-12-10-24(11-13-25)14-19(27)22-15(2)21(17(4)26)16(3)23-22/h6-9,23H,5,10-14H2,1-4H3/p+1. The third kappa shape index (κ3) is 4.12. The number of carbonyl (C=O) groups is 2. The van der Waals surface area contributed by atoms with Crippen LogP contribution >= 0.6 is 0 Å². The first-order chi connectivity index (χ1) is 13.4. The van der Waals surface area contributed by atoms with E-state index in [0.29, 0.717) is 24.4 Å². The Morgan fingerprint density at radius 2 is 1.86 bits per heavy atom. The minimum absolute atomic E-state index is 0.000718. The van der Waals surface area contributed by atoms with Gasteiger partial charge in [-0.1, -0.05) is 12.1 Å². The third-order valence-corrected chi connectivity index (χ3v) is 5.46. The van der Waals surface area contributed by atoms with E-state index >= 15 is 0 Å². The van der Waals surface area contributed by atoms with Crippen molar-refractivity contribution in [2.24, 2.45) is 0 Å². The highest BCUT2D eigenvalue weighted by Gasteiger charge is 2.27. The minimum atomic E-state index is -0.000718. The molecule has 0 atom stereocenters. The molecule has 0 unspecified atom stereocenters. The van der Waals surface area contributed by atoms with E-state index < -0.39 is 0 Å². The molecule has 0 saturated carbocycles. The predicted molar refractivity (Wildman–Crippen MR) is 110 cm³/mol. The molecule has 0 bridgehead atoms. The molecule has 0 spiro atoms. The van der Waals surface area contributed by atoms with E-state index in [2.05, 4.69) is 16.0 Å². The van der Waals surface area contributed by atoms with E-state index in [-0.39, 0.29) is 11.6 Å². The number of aryl methyl sites for hydroxylation is 1. The lowest BCUT2D eigenvalue weighted by Gasteiger charge is -2.34. The van der Waals surface area contributed by atoms with Crippen molar-refractivity contribution in [1.82, 2.24) is 4.98 Å². The van der Waals surface area contributed by atoms with E-state index in [1.54, 1.807) is 6.92 Å². The van der Waals surface area contributed by atoms with Gasteiger partial charge in [-0.05, 0) is 45.4 Å². The summed E-state index contributed by atoms with van der Waals surface area (Å²) in [6.07, 6.45) is 0. The number of quaternary nitrogens is 1. The van der Waals surface area contributed by atoms with Crippen molar-refractivity contribution in [1.29, 1.82) is 0 Å². The number of aromatic nitrogens is 1. The lowest BCUT2D eigenvalue weighted by molar-refractivity contribution is -0.892.